The lowest BCUT2D eigenvalue weighted by molar-refractivity contribution is -0.689. The second kappa shape index (κ2) is 21.9. The Balaban J connectivity index is 0.000000455. The standard InChI is InChI=1S/C32H12BF24.C15H16N5/c34-25(35,36)13-1-14(26(37,38)39)6-21(5-13)33(22-7-15(27(40,41)42)2-16(8-22)28(43,44)45,23-9-17(29(46,47)48)3-18(10-23)30(49,50)51)24-11-19(31(52,53)54)4-20(12-24)32(55,56)57;16-19-18-9-5-4-8-15-13-20(11-10-17-15)12-14-6-2-1-3-7-14/h1-12H;1-7,10-11,13H,8-9,12H2/q-1;+1. The number of benzene rings is 5. The number of hydrogen-bond acceptors (Lipinski definition) is 2. The second-order valence-electron chi connectivity index (χ2n) is 16.5. The van der Waals surface area contributed by atoms with Crippen molar-refractivity contribution >= 4 is 28.0 Å². The fraction of sp³-hybridized carbons (Fsp3) is 0.234. The summed E-state index contributed by atoms with van der Waals surface area (Å²) in [5.74, 6) is 0. The number of aromatic nitrogens is 2. The molecule has 6 aromatic rings. The zero-order valence-corrected chi connectivity index (χ0v) is 37.7. The molecular weight excluding hydrogens is 1100 g/mol. The summed E-state index contributed by atoms with van der Waals surface area (Å²) < 4.78 is 343. The van der Waals surface area contributed by atoms with Gasteiger partial charge in [0.15, 0.2) is 18.9 Å². The third-order valence-corrected chi connectivity index (χ3v) is 11.2. The predicted octanol–water partition coefficient (Wildman–Crippen LogP) is 14.0. The zero-order chi connectivity index (χ0) is 58.0. The van der Waals surface area contributed by atoms with Crippen molar-refractivity contribution in [3.05, 3.63) is 200 Å². The summed E-state index contributed by atoms with van der Waals surface area (Å²) in [6, 6.07) is 1.49. The Labute approximate surface area is 416 Å². The molecule has 412 valence electrons. The third-order valence-electron chi connectivity index (χ3n) is 11.2. The largest absolute Gasteiger partial charge is 0.416 e. The molecule has 5 nitrogen and oxygen atoms in total. The van der Waals surface area contributed by atoms with Gasteiger partial charge in [0.1, 0.15) is 11.8 Å². The van der Waals surface area contributed by atoms with Crippen molar-refractivity contribution in [1.29, 1.82) is 0 Å². The molecule has 77 heavy (non-hydrogen) atoms. The molecule has 0 radical (unpaired) electrons. The topological polar surface area (TPSA) is 65.5 Å². The van der Waals surface area contributed by atoms with Gasteiger partial charge in [-0.25, -0.2) is 4.98 Å². The normalized spacial score (nSPS) is 13.3. The lowest BCUT2D eigenvalue weighted by atomic mass is 9.12. The van der Waals surface area contributed by atoms with Crippen LogP contribution >= 0.6 is 0 Å². The first kappa shape index (κ1) is 60.5. The molecule has 0 aliphatic heterocycles. The minimum Gasteiger partial charge on any atom is -0.248 e. The van der Waals surface area contributed by atoms with Crippen LogP contribution in [0.25, 0.3) is 10.4 Å². The summed E-state index contributed by atoms with van der Waals surface area (Å²) in [7, 11) is 0. The highest BCUT2D eigenvalue weighted by molar-refractivity contribution is 7.20. The van der Waals surface area contributed by atoms with Gasteiger partial charge >= 0.3 is 49.4 Å². The molecule has 0 aliphatic rings. The summed E-state index contributed by atoms with van der Waals surface area (Å²) in [5.41, 5.74) is -19.8. The summed E-state index contributed by atoms with van der Waals surface area (Å²) in [4.78, 5) is 7.02. The van der Waals surface area contributed by atoms with E-state index in [-0.39, 0.29) is 0 Å². The van der Waals surface area contributed by atoms with Crippen LogP contribution in [0.15, 0.2) is 139 Å². The SMILES string of the molecule is FC(F)(F)c1cc([B-](c2cc(C(F)(F)F)cc(C(F)(F)F)c2)(c2cc(C(F)(F)F)cc(C(F)(F)F)c2)c2cc(C(F)(F)F)cc(C(F)(F)F)c2)cc(C(F)(F)F)c1.[N-]=[N+]=NCC=CCc1c[n+](Cc2ccccc2)ccn1. The highest BCUT2D eigenvalue weighted by Gasteiger charge is 2.47. The van der Waals surface area contributed by atoms with E-state index in [0.717, 1.165) is 18.7 Å². The maximum Gasteiger partial charge on any atom is 0.416 e. The number of rotatable bonds is 10. The Morgan fingerprint density at radius 3 is 1.01 bits per heavy atom. The number of halogens is 24. The molecule has 0 saturated carbocycles. The maximum atomic E-state index is 14.2. The van der Waals surface area contributed by atoms with E-state index >= 15 is 0 Å². The van der Waals surface area contributed by atoms with E-state index in [1.165, 1.54) is 5.56 Å². The minimum absolute atomic E-state index is 0.382. The van der Waals surface area contributed by atoms with Crippen molar-refractivity contribution in [3.63, 3.8) is 0 Å². The van der Waals surface area contributed by atoms with Crippen LogP contribution in [0.5, 0.6) is 0 Å². The van der Waals surface area contributed by atoms with Crippen LogP contribution in [0.3, 0.4) is 0 Å². The first-order valence-corrected chi connectivity index (χ1v) is 21.0. The second-order valence-corrected chi connectivity index (χ2v) is 16.5. The van der Waals surface area contributed by atoms with Gasteiger partial charge < -0.3 is 0 Å². The number of nitrogens with zero attached hydrogens (tertiary/aromatic N) is 5. The molecule has 0 unspecified atom stereocenters. The summed E-state index contributed by atoms with van der Waals surface area (Å²) >= 11 is 0. The van der Waals surface area contributed by atoms with E-state index in [9.17, 15) is 105 Å². The molecular formula is C47H28BF24N5. The van der Waals surface area contributed by atoms with Gasteiger partial charge in [-0.3, -0.25) is 0 Å². The fourth-order valence-electron chi connectivity index (χ4n) is 7.91. The van der Waals surface area contributed by atoms with Gasteiger partial charge in [0.2, 0.25) is 0 Å². The van der Waals surface area contributed by atoms with Crippen molar-refractivity contribution < 1.29 is 110 Å². The van der Waals surface area contributed by atoms with Crippen molar-refractivity contribution in [3.8, 4) is 0 Å². The van der Waals surface area contributed by atoms with Gasteiger partial charge in [0, 0.05) is 23.4 Å². The van der Waals surface area contributed by atoms with Crippen LogP contribution in [0.4, 0.5) is 105 Å². The molecule has 0 spiro atoms. The molecule has 6 rings (SSSR count). The van der Waals surface area contributed by atoms with Crippen LogP contribution in [-0.2, 0) is 62.4 Å². The Bertz CT molecular complexity index is 2690. The average molecular weight is 1130 g/mol. The van der Waals surface area contributed by atoms with Crippen molar-refractivity contribution in [1.82, 2.24) is 4.98 Å². The molecule has 0 atom stereocenters. The minimum atomic E-state index is -6.13. The van der Waals surface area contributed by atoms with Crippen molar-refractivity contribution in [2.75, 3.05) is 6.54 Å². The third kappa shape index (κ3) is 15.2. The molecule has 0 bridgehead atoms. The lowest BCUT2D eigenvalue weighted by Gasteiger charge is -2.46. The Hall–Kier alpha value is -7.39. The van der Waals surface area contributed by atoms with Gasteiger partial charge in [-0.05, 0) is 29.8 Å². The van der Waals surface area contributed by atoms with Crippen LogP contribution < -0.4 is 26.4 Å². The molecule has 0 amide bonds. The zero-order valence-electron chi connectivity index (χ0n) is 37.7. The first-order valence-electron chi connectivity index (χ1n) is 21.0. The summed E-state index contributed by atoms with van der Waals surface area (Å²) in [6.07, 6.45) is -44.5. The summed E-state index contributed by atoms with van der Waals surface area (Å²) in [6.45, 7) is 1.21. The van der Waals surface area contributed by atoms with Gasteiger partial charge in [0.25, 0.3) is 0 Å². The smallest absolute Gasteiger partial charge is 0.248 e. The van der Waals surface area contributed by atoms with E-state index in [1.807, 2.05) is 42.7 Å². The number of azide groups is 1. The molecule has 1 heterocycles. The Kier molecular flexibility index (Phi) is 17.2. The van der Waals surface area contributed by atoms with Crippen LogP contribution in [0, 0.1) is 0 Å². The number of alkyl halides is 24. The molecule has 1 aromatic heterocycles. The monoisotopic (exact) mass is 1130 g/mol. The van der Waals surface area contributed by atoms with E-state index in [2.05, 4.69) is 31.7 Å². The molecule has 0 saturated heterocycles. The maximum absolute atomic E-state index is 14.2. The van der Waals surface area contributed by atoms with E-state index < -0.39 is 195 Å². The predicted molar refractivity (Wildman–Crippen MR) is 227 cm³/mol. The van der Waals surface area contributed by atoms with E-state index in [4.69, 9.17) is 5.53 Å². The van der Waals surface area contributed by atoms with Gasteiger partial charge in [-0.2, -0.15) is 132 Å². The van der Waals surface area contributed by atoms with Crippen molar-refractivity contribution in [2.24, 2.45) is 5.11 Å². The molecule has 0 fully saturated rings. The van der Waals surface area contributed by atoms with E-state index in [1.54, 1.807) is 6.20 Å². The lowest BCUT2D eigenvalue weighted by Crippen LogP contribution is -2.75. The highest BCUT2D eigenvalue weighted by Crippen LogP contribution is 2.41. The fourth-order valence-corrected chi connectivity index (χ4v) is 7.91. The van der Waals surface area contributed by atoms with Crippen LogP contribution in [0.2, 0.25) is 0 Å². The Morgan fingerprint density at radius 1 is 0.442 bits per heavy atom. The Morgan fingerprint density at radius 2 is 0.740 bits per heavy atom. The molecule has 0 N–H and O–H groups in total. The van der Waals surface area contributed by atoms with Crippen LogP contribution in [0.1, 0.15) is 55.8 Å². The van der Waals surface area contributed by atoms with Crippen LogP contribution in [-0.4, -0.2) is 17.7 Å². The highest BCUT2D eigenvalue weighted by atomic mass is 19.4. The van der Waals surface area contributed by atoms with Gasteiger partial charge in [-0.1, -0.05) is 96.1 Å². The first-order chi connectivity index (χ1) is 35.1. The quantitative estimate of drug-likeness (QED) is 0.0256. The molecule has 30 heteroatoms. The van der Waals surface area contributed by atoms with Crippen molar-refractivity contribution in [2.45, 2.75) is 62.4 Å². The van der Waals surface area contributed by atoms with E-state index in [0.29, 0.717) is 6.54 Å². The average Bonchev–Trinajstić information content (AvgIpc) is 3.30. The number of hydrogen-bond donors (Lipinski definition) is 0. The summed E-state index contributed by atoms with van der Waals surface area (Å²) in [5, 5.41) is 3.44. The van der Waals surface area contributed by atoms with Gasteiger partial charge in [-0.15, -0.1) is 0 Å². The number of allylic oxidation sites excluding steroid dienone is 1. The molecule has 5 aromatic carbocycles. The van der Waals surface area contributed by atoms with Gasteiger partial charge in [0.05, 0.1) is 50.7 Å². The molecule has 0 aliphatic carbocycles.